The predicted molar refractivity (Wildman–Crippen MR) is 74.9 cm³/mol. The second kappa shape index (κ2) is 8.35. The zero-order valence-corrected chi connectivity index (χ0v) is 12.4. The Kier molecular flexibility index (Phi) is 6.76. The molecule has 1 heterocycles. The normalized spacial score (nSPS) is 11.9. The minimum Gasteiger partial charge on any atom is -0.469 e. The first kappa shape index (κ1) is 16.2. The lowest BCUT2D eigenvalue weighted by atomic mass is 10.1. The lowest BCUT2D eigenvalue weighted by Crippen LogP contribution is -2.37. The van der Waals surface area contributed by atoms with Gasteiger partial charge in [-0.3, -0.25) is 9.59 Å². The SMILES string of the molecule is CCC(=O)N(CCCn1ccnc1)CC(C)C(=O)OC. The van der Waals surface area contributed by atoms with E-state index in [1.165, 1.54) is 7.11 Å². The summed E-state index contributed by atoms with van der Waals surface area (Å²) in [5.41, 5.74) is 0. The number of methoxy groups -OCH3 is 1. The van der Waals surface area contributed by atoms with Gasteiger partial charge in [0.2, 0.25) is 5.91 Å². The molecule has 1 atom stereocenters. The second-order valence-electron chi connectivity index (χ2n) is 4.77. The van der Waals surface area contributed by atoms with Gasteiger partial charge in [-0.2, -0.15) is 0 Å². The van der Waals surface area contributed by atoms with Crippen molar-refractivity contribution < 1.29 is 14.3 Å². The van der Waals surface area contributed by atoms with Gasteiger partial charge >= 0.3 is 5.97 Å². The van der Waals surface area contributed by atoms with Crippen LogP contribution in [0.4, 0.5) is 0 Å². The summed E-state index contributed by atoms with van der Waals surface area (Å²) >= 11 is 0. The monoisotopic (exact) mass is 281 g/mol. The maximum absolute atomic E-state index is 11.9. The van der Waals surface area contributed by atoms with Gasteiger partial charge in [0.1, 0.15) is 0 Å². The summed E-state index contributed by atoms with van der Waals surface area (Å²) in [4.78, 5) is 29.1. The van der Waals surface area contributed by atoms with Gasteiger partial charge in [0.05, 0.1) is 19.4 Å². The third kappa shape index (κ3) is 5.03. The van der Waals surface area contributed by atoms with Crippen LogP contribution in [0.15, 0.2) is 18.7 Å². The Morgan fingerprint density at radius 1 is 1.45 bits per heavy atom. The van der Waals surface area contributed by atoms with E-state index in [9.17, 15) is 9.59 Å². The zero-order valence-electron chi connectivity index (χ0n) is 12.4. The molecule has 0 bridgehead atoms. The van der Waals surface area contributed by atoms with E-state index >= 15 is 0 Å². The fourth-order valence-electron chi connectivity index (χ4n) is 2.01. The minimum atomic E-state index is -0.302. The van der Waals surface area contributed by atoms with Crippen LogP contribution in [0.25, 0.3) is 0 Å². The largest absolute Gasteiger partial charge is 0.469 e. The van der Waals surface area contributed by atoms with Gasteiger partial charge in [0, 0.05) is 38.4 Å². The van der Waals surface area contributed by atoms with E-state index in [1.54, 1.807) is 24.3 Å². The van der Waals surface area contributed by atoms with Crippen LogP contribution < -0.4 is 0 Å². The number of hydrogen-bond acceptors (Lipinski definition) is 4. The number of esters is 1. The van der Waals surface area contributed by atoms with Gasteiger partial charge in [-0.05, 0) is 6.42 Å². The van der Waals surface area contributed by atoms with Crippen molar-refractivity contribution in [1.82, 2.24) is 14.5 Å². The third-order valence-electron chi connectivity index (χ3n) is 3.16. The van der Waals surface area contributed by atoms with Crippen molar-refractivity contribution in [2.45, 2.75) is 33.2 Å². The van der Waals surface area contributed by atoms with Crippen molar-refractivity contribution in [3.8, 4) is 0 Å². The van der Waals surface area contributed by atoms with Crippen LogP contribution in [0.3, 0.4) is 0 Å². The van der Waals surface area contributed by atoms with Crippen molar-refractivity contribution >= 4 is 11.9 Å². The van der Waals surface area contributed by atoms with E-state index in [4.69, 9.17) is 4.74 Å². The molecule has 0 aliphatic heterocycles. The molecule has 0 N–H and O–H groups in total. The number of carbonyl (C=O) groups is 2. The maximum Gasteiger partial charge on any atom is 0.310 e. The van der Waals surface area contributed by atoms with E-state index < -0.39 is 0 Å². The van der Waals surface area contributed by atoms with E-state index in [2.05, 4.69) is 4.98 Å². The molecule has 0 spiro atoms. The summed E-state index contributed by atoms with van der Waals surface area (Å²) < 4.78 is 6.67. The van der Waals surface area contributed by atoms with Crippen molar-refractivity contribution in [3.63, 3.8) is 0 Å². The van der Waals surface area contributed by atoms with Crippen LogP contribution >= 0.6 is 0 Å². The molecule has 0 aromatic carbocycles. The summed E-state index contributed by atoms with van der Waals surface area (Å²) in [7, 11) is 1.36. The van der Waals surface area contributed by atoms with Crippen LogP contribution in [0.2, 0.25) is 0 Å². The molecule has 1 aromatic heterocycles. The van der Waals surface area contributed by atoms with Gasteiger partial charge in [-0.1, -0.05) is 13.8 Å². The minimum absolute atomic E-state index is 0.0615. The van der Waals surface area contributed by atoms with E-state index in [0.29, 0.717) is 19.5 Å². The Morgan fingerprint density at radius 3 is 2.75 bits per heavy atom. The number of aryl methyl sites for hydroxylation is 1. The standard InChI is InChI=1S/C14H23N3O3/c1-4-13(18)17(10-12(2)14(19)20-3)8-5-7-16-9-6-15-11-16/h6,9,11-12H,4-5,7-8,10H2,1-3H3. The highest BCUT2D eigenvalue weighted by atomic mass is 16.5. The zero-order chi connectivity index (χ0) is 15.0. The summed E-state index contributed by atoms with van der Waals surface area (Å²) in [6.07, 6.45) is 6.65. The number of nitrogens with zero attached hydrogens (tertiary/aromatic N) is 3. The third-order valence-corrected chi connectivity index (χ3v) is 3.16. The summed E-state index contributed by atoms with van der Waals surface area (Å²) in [5, 5.41) is 0. The van der Waals surface area contributed by atoms with Crippen LogP contribution in [-0.2, 0) is 20.9 Å². The number of amides is 1. The van der Waals surface area contributed by atoms with Crippen molar-refractivity contribution in [2.24, 2.45) is 5.92 Å². The van der Waals surface area contributed by atoms with Crippen LogP contribution in [0, 0.1) is 5.92 Å². The lowest BCUT2D eigenvalue weighted by Gasteiger charge is -2.24. The highest BCUT2D eigenvalue weighted by molar-refractivity contribution is 5.77. The molecule has 0 aliphatic rings. The molecule has 1 unspecified atom stereocenters. The van der Waals surface area contributed by atoms with Gasteiger partial charge in [-0.15, -0.1) is 0 Å². The number of imidazole rings is 1. The van der Waals surface area contributed by atoms with Crippen molar-refractivity contribution in [1.29, 1.82) is 0 Å². The fourth-order valence-corrected chi connectivity index (χ4v) is 2.01. The molecular formula is C14H23N3O3. The van der Waals surface area contributed by atoms with E-state index in [-0.39, 0.29) is 17.8 Å². The number of rotatable bonds is 8. The Morgan fingerprint density at radius 2 is 2.20 bits per heavy atom. The average molecular weight is 281 g/mol. The number of hydrogen-bond donors (Lipinski definition) is 0. The molecule has 6 heteroatoms. The Labute approximate surface area is 119 Å². The summed E-state index contributed by atoms with van der Waals surface area (Å²) in [6.45, 7) is 5.45. The molecule has 6 nitrogen and oxygen atoms in total. The molecule has 0 saturated heterocycles. The van der Waals surface area contributed by atoms with Crippen LogP contribution in [0.5, 0.6) is 0 Å². The quantitative estimate of drug-likeness (QED) is 0.674. The van der Waals surface area contributed by atoms with E-state index in [0.717, 1.165) is 13.0 Å². The van der Waals surface area contributed by atoms with Crippen molar-refractivity contribution in [3.05, 3.63) is 18.7 Å². The first-order valence-corrected chi connectivity index (χ1v) is 6.89. The number of aromatic nitrogens is 2. The Hall–Kier alpha value is -1.85. The molecule has 112 valence electrons. The van der Waals surface area contributed by atoms with Gasteiger partial charge in [0.15, 0.2) is 0 Å². The molecule has 0 aliphatic carbocycles. The molecule has 1 amide bonds. The molecule has 0 radical (unpaired) electrons. The highest BCUT2D eigenvalue weighted by Gasteiger charge is 2.20. The van der Waals surface area contributed by atoms with Gasteiger partial charge < -0.3 is 14.2 Å². The molecule has 1 aromatic rings. The van der Waals surface area contributed by atoms with Gasteiger partial charge in [-0.25, -0.2) is 4.98 Å². The number of carbonyl (C=O) groups excluding carboxylic acids is 2. The smallest absolute Gasteiger partial charge is 0.310 e. The Balaban J connectivity index is 2.47. The van der Waals surface area contributed by atoms with E-state index in [1.807, 2.05) is 17.7 Å². The molecule has 20 heavy (non-hydrogen) atoms. The predicted octanol–water partition coefficient (Wildman–Crippen LogP) is 1.32. The summed E-state index contributed by atoms with van der Waals surface area (Å²) in [5.74, 6) is -0.524. The van der Waals surface area contributed by atoms with Crippen LogP contribution in [-0.4, -0.2) is 46.5 Å². The first-order chi connectivity index (χ1) is 9.58. The topological polar surface area (TPSA) is 64.4 Å². The molecule has 1 rings (SSSR count). The Bertz CT molecular complexity index is 417. The van der Waals surface area contributed by atoms with Gasteiger partial charge in [0.25, 0.3) is 0 Å². The molecule has 0 fully saturated rings. The molecular weight excluding hydrogens is 258 g/mol. The van der Waals surface area contributed by atoms with Crippen LogP contribution in [0.1, 0.15) is 26.7 Å². The van der Waals surface area contributed by atoms with Crippen molar-refractivity contribution in [2.75, 3.05) is 20.2 Å². The second-order valence-corrected chi connectivity index (χ2v) is 4.77. The lowest BCUT2D eigenvalue weighted by molar-refractivity contribution is -0.146. The summed E-state index contributed by atoms with van der Waals surface area (Å²) in [6, 6.07) is 0. The maximum atomic E-state index is 11.9. The molecule has 0 saturated carbocycles. The first-order valence-electron chi connectivity index (χ1n) is 6.89. The average Bonchev–Trinajstić information content (AvgIpc) is 2.97. The fraction of sp³-hybridized carbons (Fsp3) is 0.643. The highest BCUT2D eigenvalue weighted by Crippen LogP contribution is 2.06. The number of ether oxygens (including phenoxy) is 1.